The third kappa shape index (κ3) is 2.65. The Hall–Kier alpha value is -1.94. The first-order valence-electron chi connectivity index (χ1n) is 5.26. The number of methoxy groups -OCH3 is 1. The second-order valence-electron chi connectivity index (χ2n) is 3.71. The van der Waals surface area contributed by atoms with Crippen molar-refractivity contribution in [3.63, 3.8) is 0 Å². The predicted octanol–water partition coefficient (Wildman–Crippen LogP) is 3.81. The van der Waals surface area contributed by atoms with Crippen LogP contribution in [0.25, 0.3) is 0 Å². The number of nitrogens with one attached hydrogen (secondary N) is 1. The molecule has 0 saturated heterocycles. The lowest BCUT2D eigenvalue weighted by atomic mass is 10.2. The van der Waals surface area contributed by atoms with E-state index in [-0.39, 0.29) is 5.75 Å². The molecule has 0 aliphatic carbocycles. The van der Waals surface area contributed by atoms with Gasteiger partial charge in [0, 0.05) is 17.4 Å². The largest absolute Gasteiger partial charge is 0.494 e. The summed E-state index contributed by atoms with van der Waals surface area (Å²) in [5.74, 6) is -0.238. The molecule has 0 heterocycles. The van der Waals surface area contributed by atoms with Crippen molar-refractivity contribution in [2.24, 2.45) is 0 Å². The van der Waals surface area contributed by atoms with Crippen LogP contribution in [0.2, 0.25) is 5.02 Å². The number of hydrogen-bond donors (Lipinski definition) is 2. The molecule has 94 valence electrons. The van der Waals surface area contributed by atoms with Crippen molar-refractivity contribution in [2.75, 3.05) is 18.2 Å². The summed E-state index contributed by atoms with van der Waals surface area (Å²) in [5.41, 5.74) is 7.42. The van der Waals surface area contributed by atoms with Crippen LogP contribution in [-0.2, 0) is 0 Å². The Labute approximate surface area is 109 Å². The molecule has 0 aromatic heterocycles. The van der Waals surface area contributed by atoms with Gasteiger partial charge in [0.15, 0.2) is 11.6 Å². The van der Waals surface area contributed by atoms with Gasteiger partial charge >= 0.3 is 0 Å². The first kappa shape index (κ1) is 12.5. The molecule has 18 heavy (non-hydrogen) atoms. The van der Waals surface area contributed by atoms with E-state index in [1.807, 2.05) is 0 Å². The summed E-state index contributed by atoms with van der Waals surface area (Å²) >= 11 is 6.02. The molecule has 3 N–H and O–H groups in total. The molecule has 5 heteroatoms. The summed E-state index contributed by atoms with van der Waals surface area (Å²) in [6.45, 7) is 0. The molecule has 2 rings (SSSR count). The van der Waals surface area contributed by atoms with Gasteiger partial charge in [0.2, 0.25) is 0 Å². The maximum atomic E-state index is 13.5. The topological polar surface area (TPSA) is 47.3 Å². The lowest BCUT2D eigenvalue weighted by molar-refractivity contribution is 0.386. The molecule has 0 aliphatic rings. The molecular formula is C13H12ClFN2O. The minimum absolute atomic E-state index is 0.198. The average molecular weight is 267 g/mol. The lowest BCUT2D eigenvalue weighted by Gasteiger charge is -2.10. The summed E-state index contributed by atoms with van der Waals surface area (Å²) in [5, 5.41) is 3.49. The predicted molar refractivity (Wildman–Crippen MR) is 72.1 cm³/mol. The second kappa shape index (κ2) is 5.14. The summed E-state index contributed by atoms with van der Waals surface area (Å²) in [6, 6.07) is 9.67. The van der Waals surface area contributed by atoms with Crippen LogP contribution in [0.15, 0.2) is 36.4 Å². The Balaban J connectivity index is 2.26. The molecule has 2 aromatic rings. The summed E-state index contributed by atoms with van der Waals surface area (Å²) in [4.78, 5) is 0. The molecule has 2 aromatic carbocycles. The minimum Gasteiger partial charge on any atom is -0.494 e. The van der Waals surface area contributed by atoms with Gasteiger partial charge in [-0.05, 0) is 30.3 Å². The van der Waals surface area contributed by atoms with Crippen molar-refractivity contribution >= 4 is 28.7 Å². The highest BCUT2D eigenvalue weighted by Crippen LogP contribution is 2.29. The van der Waals surface area contributed by atoms with Gasteiger partial charge in [-0.3, -0.25) is 0 Å². The van der Waals surface area contributed by atoms with E-state index in [2.05, 4.69) is 5.32 Å². The summed E-state index contributed by atoms with van der Waals surface area (Å²) < 4.78 is 18.3. The van der Waals surface area contributed by atoms with Gasteiger partial charge in [-0.2, -0.15) is 0 Å². The van der Waals surface area contributed by atoms with E-state index in [4.69, 9.17) is 22.1 Å². The fraction of sp³-hybridized carbons (Fsp3) is 0.0769. The Kier molecular flexibility index (Phi) is 3.58. The van der Waals surface area contributed by atoms with Gasteiger partial charge in [-0.25, -0.2) is 4.39 Å². The molecule has 0 radical (unpaired) electrons. The van der Waals surface area contributed by atoms with Crippen LogP contribution in [0.5, 0.6) is 5.75 Å². The summed E-state index contributed by atoms with van der Waals surface area (Å²) in [7, 11) is 1.42. The van der Waals surface area contributed by atoms with Crippen molar-refractivity contribution in [1.29, 1.82) is 0 Å². The fourth-order valence-electron chi connectivity index (χ4n) is 1.53. The number of halogens is 2. The van der Waals surface area contributed by atoms with Crippen LogP contribution in [0.3, 0.4) is 0 Å². The first-order chi connectivity index (χ1) is 8.60. The molecule has 0 fully saturated rings. The van der Waals surface area contributed by atoms with E-state index in [0.29, 0.717) is 22.1 Å². The number of hydrogen-bond acceptors (Lipinski definition) is 3. The number of benzene rings is 2. The van der Waals surface area contributed by atoms with Crippen LogP contribution in [0.4, 0.5) is 21.5 Å². The number of nitrogens with two attached hydrogens (primary N) is 1. The standard InChI is InChI=1S/C13H12ClFN2O/c1-18-13-5-3-9(7-11(13)15)17-12-4-2-8(16)6-10(12)14/h2-7,17H,16H2,1H3. The zero-order valence-corrected chi connectivity index (χ0v) is 10.5. The normalized spacial score (nSPS) is 10.2. The summed E-state index contributed by atoms with van der Waals surface area (Å²) in [6.07, 6.45) is 0. The smallest absolute Gasteiger partial charge is 0.167 e. The molecule has 3 nitrogen and oxygen atoms in total. The first-order valence-corrected chi connectivity index (χ1v) is 5.63. The van der Waals surface area contributed by atoms with Crippen molar-refractivity contribution in [1.82, 2.24) is 0 Å². The molecule has 0 saturated carbocycles. The third-order valence-corrected chi connectivity index (χ3v) is 2.74. The van der Waals surface area contributed by atoms with E-state index in [1.165, 1.54) is 13.2 Å². The van der Waals surface area contributed by atoms with E-state index in [0.717, 1.165) is 0 Å². The number of rotatable bonds is 3. The minimum atomic E-state index is -0.436. The number of anilines is 3. The Morgan fingerprint density at radius 2 is 2.00 bits per heavy atom. The van der Waals surface area contributed by atoms with Crippen LogP contribution in [0.1, 0.15) is 0 Å². The quantitative estimate of drug-likeness (QED) is 0.831. The zero-order valence-electron chi connectivity index (χ0n) is 9.71. The third-order valence-electron chi connectivity index (χ3n) is 2.42. The Morgan fingerprint density at radius 3 is 2.61 bits per heavy atom. The zero-order chi connectivity index (χ0) is 13.1. The molecule has 0 amide bonds. The lowest BCUT2D eigenvalue weighted by Crippen LogP contribution is -1.95. The van der Waals surface area contributed by atoms with Crippen molar-refractivity contribution in [2.45, 2.75) is 0 Å². The van der Waals surface area contributed by atoms with E-state index in [9.17, 15) is 4.39 Å². The molecule has 0 aliphatic heterocycles. The van der Waals surface area contributed by atoms with Gasteiger partial charge in [0.1, 0.15) is 0 Å². The molecule has 0 spiro atoms. The number of ether oxygens (including phenoxy) is 1. The van der Waals surface area contributed by atoms with E-state index < -0.39 is 5.82 Å². The highest BCUT2D eigenvalue weighted by molar-refractivity contribution is 6.33. The monoisotopic (exact) mass is 266 g/mol. The highest BCUT2D eigenvalue weighted by Gasteiger charge is 2.05. The second-order valence-corrected chi connectivity index (χ2v) is 4.12. The van der Waals surface area contributed by atoms with Crippen LogP contribution in [-0.4, -0.2) is 7.11 Å². The maximum absolute atomic E-state index is 13.5. The molecule has 0 bridgehead atoms. The van der Waals surface area contributed by atoms with Gasteiger partial charge in [0.05, 0.1) is 17.8 Å². The molecular weight excluding hydrogens is 255 g/mol. The SMILES string of the molecule is COc1ccc(Nc2ccc(N)cc2Cl)cc1F. The van der Waals surface area contributed by atoms with Gasteiger partial charge in [-0.15, -0.1) is 0 Å². The van der Waals surface area contributed by atoms with Crippen LogP contribution in [0, 0.1) is 5.82 Å². The van der Waals surface area contributed by atoms with Gasteiger partial charge in [-0.1, -0.05) is 11.6 Å². The Morgan fingerprint density at radius 1 is 1.22 bits per heavy atom. The van der Waals surface area contributed by atoms with Gasteiger partial charge < -0.3 is 15.8 Å². The highest BCUT2D eigenvalue weighted by atomic mass is 35.5. The molecule has 0 unspecified atom stereocenters. The molecule has 0 atom stereocenters. The van der Waals surface area contributed by atoms with Gasteiger partial charge in [0.25, 0.3) is 0 Å². The average Bonchev–Trinajstić information content (AvgIpc) is 2.33. The number of nitrogen functional groups attached to an aromatic ring is 1. The van der Waals surface area contributed by atoms with Crippen LogP contribution >= 0.6 is 11.6 Å². The van der Waals surface area contributed by atoms with Crippen LogP contribution < -0.4 is 15.8 Å². The van der Waals surface area contributed by atoms with Crippen molar-refractivity contribution < 1.29 is 9.13 Å². The Bertz CT molecular complexity index is 575. The van der Waals surface area contributed by atoms with E-state index in [1.54, 1.807) is 30.3 Å². The maximum Gasteiger partial charge on any atom is 0.167 e. The fourth-order valence-corrected chi connectivity index (χ4v) is 1.77. The van der Waals surface area contributed by atoms with E-state index >= 15 is 0 Å². The van der Waals surface area contributed by atoms with Crippen molar-refractivity contribution in [3.05, 3.63) is 47.2 Å². The van der Waals surface area contributed by atoms with Crippen molar-refractivity contribution in [3.8, 4) is 5.75 Å².